The van der Waals surface area contributed by atoms with Gasteiger partial charge in [-0.2, -0.15) is 9.78 Å². The number of benzene rings is 1. The lowest BCUT2D eigenvalue weighted by atomic mass is 10.0. The van der Waals surface area contributed by atoms with Crippen molar-refractivity contribution in [3.8, 4) is 17.0 Å². The molecule has 0 spiro atoms. The number of phenolic OH excluding ortho intramolecular Hbond substituents is 1. The molecule has 5 rings (SSSR count). The lowest BCUT2D eigenvalue weighted by Gasteiger charge is -2.11. The number of nitrogens with zero attached hydrogens (tertiary/aromatic N) is 2. The number of hydrogen-bond donors (Lipinski definition) is 3. The molecule has 3 aromatic rings. The number of hydrogen-bond acceptors (Lipinski definition) is 5. The summed E-state index contributed by atoms with van der Waals surface area (Å²) in [6.45, 7) is 0. The van der Waals surface area contributed by atoms with Crippen LogP contribution in [0.3, 0.4) is 0 Å². The molecule has 2 heterocycles. The van der Waals surface area contributed by atoms with E-state index in [-0.39, 0.29) is 23.6 Å². The van der Waals surface area contributed by atoms with Crippen LogP contribution < -0.4 is 10.6 Å². The molecule has 2 aliphatic carbocycles. The Kier molecular flexibility index (Phi) is 4.97. The molecule has 2 aliphatic rings. The molecule has 0 bridgehead atoms. The number of carbonyl (C=O) groups is 2. The lowest BCUT2D eigenvalue weighted by molar-refractivity contribution is 0.0996. The molecule has 0 aliphatic heterocycles. The van der Waals surface area contributed by atoms with Gasteiger partial charge >= 0.3 is 6.03 Å². The van der Waals surface area contributed by atoms with Crippen LogP contribution in [-0.2, 0) is 0 Å². The lowest BCUT2D eigenvalue weighted by Crippen LogP contribution is -2.32. The third-order valence-corrected chi connectivity index (χ3v) is 5.88. The quantitative estimate of drug-likeness (QED) is 0.564. The second-order valence-corrected chi connectivity index (χ2v) is 8.23. The Hall–Kier alpha value is -3.55. The Bertz CT molecular complexity index is 1110. The molecule has 2 fully saturated rings. The molecule has 160 valence electrons. The van der Waals surface area contributed by atoms with Crippen LogP contribution in [0.1, 0.15) is 60.7 Å². The topological polar surface area (TPSA) is 109 Å². The molecule has 8 nitrogen and oxygen atoms in total. The summed E-state index contributed by atoms with van der Waals surface area (Å²) >= 11 is 0. The summed E-state index contributed by atoms with van der Waals surface area (Å²) in [5, 5.41) is 20.9. The van der Waals surface area contributed by atoms with Crippen molar-refractivity contribution >= 4 is 17.6 Å². The van der Waals surface area contributed by atoms with Crippen LogP contribution in [-0.4, -0.2) is 32.9 Å². The summed E-state index contributed by atoms with van der Waals surface area (Å²) in [6, 6.07) is 9.97. The largest absolute Gasteiger partial charge is 0.507 e. The first-order chi connectivity index (χ1) is 15.1. The van der Waals surface area contributed by atoms with E-state index in [2.05, 4.69) is 15.7 Å². The predicted octanol–water partition coefficient (Wildman–Crippen LogP) is 4.48. The number of phenols is 1. The molecular formula is C23H24N4O4. The average molecular weight is 420 g/mol. The standard InChI is InChI=1S/C23H24N4O4/c28-20-12-16(24-22(29)21-6-3-11-31-21)9-10-17(20)18-13-19(14-4-1-2-5-14)27(26-18)23(30)25-15-7-8-15/h3,6,9-15,28H,1-2,4-5,7-8H2,(H,24,29)(H,25,30). The highest BCUT2D eigenvalue weighted by atomic mass is 16.3. The zero-order valence-electron chi connectivity index (χ0n) is 17.0. The molecule has 0 saturated heterocycles. The van der Waals surface area contributed by atoms with E-state index >= 15 is 0 Å². The minimum atomic E-state index is -0.401. The molecule has 2 aromatic heterocycles. The summed E-state index contributed by atoms with van der Waals surface area (Å²) in [6.07, 6.45) is 7.79. The molecular weight excluding hydrogens is 396 g/mol. The third kappa shape index (κ3) is 4.05. The minimum Gasteiger partial charge on any atom is -0.507 e. The Morgan fingerprint density at radius 3 is 2.58 bits per heavy atom. The van der Waals surface area contributed by atoms with Gasteiger partial charge in [-0.1, -0.05) is 12.8 Å². The van der Waals surface area contributed by atoms with Crippen molar-refractivity contribution in [2.75, 3.05) is 5.32 Å². The first-order valence-electron chi connectivity index (χ1n) is 10.7. The maximum atomic E-state index is 12.8. The Morgan fingerprint density at radius 1 is 1.10 bits per heavy atom. The maximum Gasteiger partial charge on any atom is 0.342 e. The van der Waals surface area contributed by atoms with E-state index in [4.69, 9.17) is 4.42 Å². The normalized spacial score (nSPS) is 16.4. The third-order valence-electron chi connectivity index (χ3n) is 5.88. The first-order valence-corrected chi connectivity index (χ1v) is 10.7. The van der Waals surface area contributed by atoms with Crippen LogP contribution in [0.15, 0.2) is 47.1 Å². The van der Waals surface area contributed by atoms with Crippen LogP contribution in [0, 0.1) is 0 Å². The fourth-order valence-corrected chi connectivity index (χ4v) is 4.09. The van der Waals surface area contributed by atoms with E-state index < -0.39 is 5.91 Å². The highest BCUT2D eigenvalue weighted by Crippen LogP contribution is 2.38. The van der Waals surface area contributed by atoms with Crippen LogP contribution in [0.25, 0.3) is 11.3 Å². The second kappa shape index (κ2) is 7.94. The van der Waals surface area contributed by atoms with Crippen molar-refractivity contribution in [1.82, 2.24) is 15.1 Å². The molecule has 2 amide bonds. The fraction of sp³-hybridized carbons (Fsp3) is 0.348. The SMILES string of the molecule is O=C(Nc1ccc(-c2cc(C3CCCC3)n(C(=O)NC3CC3)n2)c(O)c1)c1ccco1. The summed E-state index contributed by atoms with van der Waals surface area (Å²) in [4.78, 5) is 24.9. The molecule has 0 radical (unpaired) electrons. The van der Waals surface area contributed by atoms with E-state index in [1.165, 1.54) is 17.0 Å². The van der Waals surface area contributed by atoms with Crippen molar-refractivity contribution in [2.45, 2.75) is 50.5 Å². The Labute approximate surface area is 179 Å². The molecule has 31 heavy (non-hydrogen) atoms. The number of anilines is 1. The molecule has 1 aromatic carbocycles. The predicted molar refractivity (Wildman–Crippen MR) is 114 cm³/mol. The summed E-state index contributed by atoms with van der Waals surface area (Å²) < 4.78 is 6.55. The summed E-state index contributed by atoms with van der Waals surface area (Å²) in [5.41, 5.74) is 2.37. The van der Waals surface area contributed by atoms with Gasteiger partial charge in [-0.05, 0) is 56.0 Å². The fourth-order valence-electron chi connectivity index (χ4n) is 4.09. The number of furan rings is 1. The van der Waals surface area contributed by atoms with Gasteiger partial charge < -0.3 is 20.2 Å². The Balaban J connectivity index is 1.42. The van der Waals surface area contributed by atoms with Gasteiger partial charge in [-0.15, -0.1) is 0 Å². The van der Waals surface area contributed by atoms with Crippen LogP contribution in [0.4, 0.5) is 10.5 Å². The molecule has 3 N–H and O–H groups in total. The first kappa shape index (κ1) is 19.4. The number of aromatic nitrogens is 2. The smallest absolute Gasteiger partial charge is 0.342 e. The van der Waals surface area contributed by atoms with Crippen molar-refractivity contribution in [1.29, 1.82) is 0 Å². The average Bonchev–Trinajstić information content (AvgIpc) is 3.22. The number of aromatic hydroxyl groups is 1. The highest BCUT2D eigenvalue weighted by molar-refractivity contribution is 6.02. The van der Waals surface area contributed by atoms with E-state index in [9.17, 15) is 14.7 Å². The van der Waals surface area contributed by atoms with Crippen LogP contribution in [0.2, 0.25) is 0 Å². The van der Waals surface area contributed by atoms with Crippen LogP contribution in [0.5, 0.6) is 5.75 Å². The monoisotopic (exact) mass is 420 g/mol. The van der Waals surface area contributed by atoms with E-state index in [0.29, 0.717) is 22.9 Å². The number of rotatable bonds is 5. The van der Waals surface area contributed by atoms with Gasteiger partial charge in [0.15, 0.2) is 5.76 Å². The maximum absolute atomic E-state index is 12.8. The molecule has 0 atom stereocenters. The number of amides is 2. The van der Waals surface area contributed by atoms with Gasteiger partial charge in [0, 0.05) is 29.3 Å². The minimum absolute atomic E-state index is 0.0255. The van der Waals surface area contributed by atoms with Crippen molar-refractivity contribution < 1.29 is 19.1 Å². The molecule has 2 saturated carbocycles. The number of carbonyl (C=O) groups excluding carboxylic acids is 2. The summed E-state index contributed by atoms with van der Waals surface area (Å²) in [7, 11) is 0. The zero-order valence-corrected chi connectivity index (χ0v) is 17.0. The van der Waals surface area contributed by atoms with Gasteiger partial charge in [-0.3, -0.25) is 4.79 Å². The van der Waals surface area contributed by atoms with E-state index in [1.54, 1.807) is 24.3 Å². The van der Waals surface area contributed by atoms with E-state index in [0.717, 1.165) is 44.2 Å². The van der Waals surface area contributed by atoms with Gasteiger partial charge in [0.05, 0.1) is 17.7 Å². The molecule has 8 heteroatoms. The zero-order chi connectivity index (χ0) is 21.4. The summed E-state index contributed by atoms with van der Waals surface area (Å²) in [5.74, 6) is 0.0505. The molecule has 0 unspecified atom stereocenters. The van der Waals surface area contributed by atoms with Gasteiger partial charge in [0.2, 0.25) is 0 Å². The highest BCUT2D eigenvalue weighted by Gasteiger charge is 2.29. The van der Waals surface area contributed by atoms with Crippen molar-refractivity contribution in [3.05, 3.63) is 54.1 Å². The number of nitrogens with one attached hydrogen (secondary N) is 2. The van der Waals surface area contributed by atoms with Crippen molar-refractivity contribution in [3.63, 3.8) is 0 Å². The van der Waals surface area contributed by atoms with E-state index in [1.807, 2.05) is 6.07 Å². The second-order valence-electron chi connectivity index (χ2n) is 8.23. The van der Waals surface area contributed by atoms with Gasteiger partial charge in [-0.25, -0.2) is 4.79 Å². The van der Waals surface area contributed by atoms with Crippen molar-refractivity contribution in [2.24, 2.45) is 0 Å². The van der Waals surface area contributed by atoms with Crippen LogP contribution >= 0.6 is 0 Å². The van der Waals surface area contributed by atoms with Gasteiger partial charge in [0.1, 0.15) is 5.75 Å². The van der Waals surface area contributed by atoms with Gasteiger partial charge in [0.25, 0.3) is 5.91 Å². The Morgan fingerprint density at radius 2 is 1.90 bits per heavy atom.